The summed E-state index contributed by atoms with van der Waals surface area (Å²) in [4.78, 5) is 0. The molecule has 1 atom stereocenters. The Kier molecular flexibility index (Phi) is 6.72. The second-order valence-corrected chi connectivity index (χ2v) is 11.0. The summed E-state index contributed by atoms with van der Waals surface area (Å²) < 4.78 is 49.4. The number of alkyl halides is 3. The van der Waals surface area contributed by atoms with Crippen LogP contribution in [0.2, 0.25) is 19.6 Å². The Bertz CT molecular complexity index is 596. The zero-order valence-corrected chi connectivity index (χ0v) is 16.0. The molecule has 0 radical (unpaired) electrons. The van der Waals surface area contributed by atoms with Crippen LogP contribution in [0.1, 0.15) is 38.0 Å². The second kappa shape index (κ2) is 7.92. The van der Waals surface area contributed by atoms with Gasteiger partial charge in [0.15, 0.2) is 0 Å². The molecule has 0 aliphatic rings. The Morgan fingerprint density at radius 1 is 1.12 bits per heavy atom. The van der Waals surface area contributed by atoms with Crippen molar-refractivity contribution >= 4 is 8.32 Å². The molecule has 0 bridgehead atoms. The number of allylic oxidation sites excluding steroid dienone is 2. The quantitative estimate of drug-likeness (QED) is 0.331. The second-order valence-electron chi connectivity index (χ2n) is 6.57. The van der Waals surface area contributed by atoms with E-state index in [1.165, 1.54) is 12.1 Å². The molecule has 0 aromatic heterocycles. The Morgan fingerprint density at radius 2 is 1.67 bits per heavy atom. The standard InChI is InChI=1S/C18H25F3O2Si/c1-7-17(23-24(4,5)6)13(2)12-22-14(3)15-8-10-16(11-9-15)18(19,20)21/h7-12,14H,1-6H3/b13-12+,17-7-/t14-/m1/s1. The molecule has 134 valence electrons. The average Bonchev–Trinajstić information content (AvgIpc) is 2.48. The molecule has 0 N–H and O–H groups in total. The van der Waals surface area contributed by atoms with Crippen LogP contribution in [-0.2, 0) is 15.3 Å². The van der Waals surface area contributed by atoms with E-state index in [4.69, 9.17) is 9.16 Å². The van der Waals surface area contributed by atoms with Gasteiger partial charge in [-0.3, -0.25) is 0 Å². The van der Waals surface area contributed by atoms with Gasteiger partial charge in [0.1, 0.15) is 11.9 Å². The molecule has 24 heavy (non-hydrogen) atoms. The molecule has 1 aromatic rings. The minimum absolute atomic E-state index is 0.354. The number of halogens is 3. The normalized spacial score (nSPS) is 15.2. The van der Waals surface area contributed by atoms with E-state index >= 15 is 0 Å². The van der Waals surface area contributed by atoms with Crippen molar-refractivity contribution in [3.8, 4) is 0 Å². The van der Waals surface area contributed by atoms with E-state index in [0.29, 0.717) is 5.56 Å². The van der Waals surface area contributed by atoms with E-state index in [-0.39, 0.29) is 6.10 Å². The summed E-state index contributed by atoms with van der Waals surface area (Å²) in [6, 6.07) is 5.01. The van der Waals surface area contributed by atoms with Gasteiger partial charge >= 0.3 is 6.18 Å². The van der Waals surface area contributed by atoms with Crippen molar-refractivity contribution in [1.29, 1.82) is 0 Å². The third-order valence-electron chi connectivity index (χ3n) is 3.22. The van der Waals surface area contributed by atoms with Crippen molar-refractivity contribution in [2.75, 3.05) is 0 Å². The first kappa shape index (κ1) is 20.4. The maximum Gasteiger partial charge on any atom is 0.416 e. The number of hydrogen-bond acceptors (Lipinski definition) is 2. The molecule has 0 saturated heterocycles. The minimum atomic E-state index is -4.33. The van der Waals surface area contributed by atoms with Gasteiger partial charge in [-0.05, 0) is 64.2 Å². The molecule has 0 aliphatic heterocycles. The Labute approximate surface area is 143 Å². The largest absolute Gasteiger partial charge is 0.544 e. The Balaban J connectivity index is 2.78. The fourth-order valence-corrected chi connectivity index (χ4v) is 2.92. The van der Waals surface area contributed by atoms with Crippen LogP contribution in [0, 0.1) is 0 Å². The van der Waals surface area contributed by atoms with Crippen LogP contribution in [0.15, 0.2) is 47.9 Å². The highest BCUT2D eigenvalue weighted by Gasteiger charge is 2.30. The lowest BCUT2D eigenvalue weighted by molar-refractivity contribution is -0.137. The van der Waals surface area contributed by atoms with Gasteiger partial charge in [-0.25, -0.2) is 0 Å². The first-order valence-electron chi connectivity index (χ1n) is 7.79. The molecule has 0 aliphatic carbocycles. The zero-order valence-electron chi connectivity index (χ0n) is 15.0. The first-order chi connectivity index (χ1) is 10.9. The SMILES string of the molecule is C/C=C(O[Si](C)(C)C)/C(C)=C/O[C@H](C)c1ccc(C(F)(F)F)cc1. The third kappa shape index (κ3) is 6.43. The molecule has 0 fully saturated rings. The molecule has 0 spiro atoms. The van der Waals surface area contributed by atoms with Crippen molar-refractivity contribution in [3.05, 3.63) is 59.1 Å². The number of hydrogen-bond donors (Lipinski definition) is 0. The molecule has 0 unspecified atom stereocenters. The van der Waals surface area contributed by atoms with E-state index in [1.807, 2.05) is 19.9 Å². The van der Waals surface area contributed by atoms with E-state index in [2.05, 4.69) is 19.6 Å². The van der Waals surface area contributed by atoms with Gasteiger partial charge in [-0.1, -0.05) is 12.1 Å². The van der Waals surface area contributed by atoms with Crippen LogP contribution in [0.5, 0.6) is 0 Å². The average molecular weight is 358 g/mol. The van der Waals surface area contributed by atoms with E-state index in [0.717, 1.165) is 23.5 Å². The molecule has 0 saturated carbocycles. The van der Waals surface area contributed by atoms with Crippen LogP contribution in [0.4, 0.5) is 13.2 Å². The van der Waals surface area contributed by atoms with Gasteiger partial charge in [0.05, 0.1) is 11.8 Å². The maximum atomic E-state index is 12.6. The highest BCUT2D eigenvalue weighted by atomic mass is 28.4. The van der Waals surface area contributed by atoms with Gasteiger partial charge in [0.25, 0.3) is 0 Å². The lowest BCUT2D eigenvalue weighted by Crippen LogP contribution is -2.25. The molecule has 2 nitrogen and oxygen atoms in total. The summed E-state index contributed by atoms with van der Waals surface area (Å²) in [5.41, 5.74) is 0.865. The van der Waals surface area contributed by atoms with E-state index in [1.54, 1.807) is 13.2 Å². The van der Waals surface area contributed by atoms with Crippen LogP contribution in [-0.4, -0.2) is 8.32 Å². The Hall–Kier alpha value is -1.69. The van der Waals surface area contributed by atoms with E-state index in [9.17, 15) is 13.2 Å². The van der Waals surface area contributed by atoms with Crippen LogP contribution in [0.3, 0.4) is 0 Å². The fourth-order valence-electron chi connectivity index (χ4n) is 1.98. The van der Waals surface area contributed by atoms with Crippen molar-refractivity contribution in [1.82, 2.24) is 0 Å². The molecule has 1 rings (SSSR count). The zero-order chi connectivity index (χ0) is 18.5. The minimum Gasteiger partial charge on any atom is -0.544 e. The predicted octanol–water partition coefficient (Wildman–Crippen LogP) is 6.44. The summed E-state index contributed by atoms with van der Waals surface area (Å²) in [5.74, 6) is 0.772. The third-order valence-corrected chi connectivity index (χ3v) is 4.06. The molecule has 1 aromatic carbocycles. The number of benzene rings is 1. The first-order valence-corrected chi connectivity index (χ1v) is 11.2. The molecular weight excluding hydrogens is 333 g/mol. The maximum absolute atomic E-state index is 12.6. The number of rotatable bonds is 6. The van der Waals surface area contributed by atoms with Crippen LogP contribution < -0.4 is 0 Å². The summed E-state index contributed by atoms with van der Waals surface area (Å²) in [7, 11) is -1.72. The highest BCUT2D eigenvalue weighted by molar-refractivity contribution is 6.70. The lowest BCUT2D eigenvalue weighted by atomic mass is 10.1. The van der Waals surface area contributed by atoms with Crippen LogP contribution in [0.25, 0.3) is 0 Å². The van der Waals surface area contributed by atoms with Gasteiger partial charge in [0.2, 0.25) is 8.32 Å². The van der Waals surface area contributed by atoms with Crippen molar-refractivity contribution in [2.45, 2.75) is 52.7 Å². The van der Waals surface area contributed by atoms with Gasteiger partial charge in [0, 0.05) is 5.57 Å². The topological polar surface area (TPSA) is 18.5 Å². The van der Waals surface area contributed by atoms with Gasteiger partial charge in [-0.15, -0.1) is 0 Å². The van der Waals surface area contributed by atoms with E-state index < -0.39 is 20.1 Å². The summed E-state index contributed by atoms with van der Waals surface area (Å²) in [6.07, 6.45) is -1.20. The van der Waals surface area contributed by atoms with Gasteiger partial charge < -0.3 is 9.16 Å². The monoisotopic (exact) mass is 358 g/mol. The van der Waals surface area contributed by atoms with Crippen molar-refractivity contribution in [3.63, 3.8) is 0 Å². The number of ether oxygens (including phenoxy) is 1. The van der Waals surface area contributed by atoms with Crippen molar-refractivity contribution in [2.24, 2.45) is 0 Å². The van der Waals surface area contributed by atoms with Gasteiger partial charge in [-0.2, -0.15) is 13.2 Å². The molecule has 0 amide bonds. The predicted molar refractivity (Wildman–Crippen MR) is 92.9 cm³/mol. The molecular formula is C18H25F3O2Si. The summed E-state index contributed by atoms with van der Waals surface area (Å²) >= 11 is 0. The van der Waals surface area contributed by atoms with Crippen molar-refractivity contribution < 1.29 is 22.3 Å². The summed E-state index contributed by atoms with van der Waals surface area (Å²) in [5, 5.41) is 0. The molecule has 0 heterocycles. The lowest BCUT2D eigenvalue weighted by Gasteiger charge is -2.22. The smallest absolute Gasteiger partial charge is 0.416 e. The summed E-state index contributed by atoms with van der Waals surface area (Å²) in [6.45, 7) is 11.8. The Morgan fingerprint density at radius 3 is 2.08 bits per heavy atom. The fraction of sp³-hybridized carbons (Fsp3) is 0.444. The molecule has 6 heteroatoms. The van der Waals surface area contributed by atoms with Crippen LogP contribution >= 0.6 is 0 Å². The highest BCUT2D eigenvalue weighted by Crippen LogP contribution is 2.30.